The van der Waals surface area contributed by atoms with Crippen LogP contribution in [-0.2, 0) is 6.54 Å². The molecule has 2 N–H and O–H groups in total. The van der Waals surface area contributed by atoms with E-state index in [1.807, 2.05) is 0 Å². The van der Waals surface area contributed by atoms with Crippen molar-refractivity contribution >= 4 is 0 Å². The van der Waals surface area contributed by atoms with E-state index in [-0.39, 0.29) is 0 Å². The highest BCUT2D eigenvalue weighted by Gasteiger charge is 2.38. The molecule has 13 heavy (non-hydrogen) atoms. The number of alkyl halides is 3. The summed E-state index contributed by atoms with van der Waals surface area (Å²) in [4.78, 5) is 12.9. The maximum atomic E-state index is 11.8. The van der Waals surface area contributed by atoms with Crippen LogP contribution in [0.1, 0.15) is 0 Å². The van der Waals surface area contributed by atoms with Gasteiger partial charge >= 0.3 is 11.9 Å². The average Bonchev–Trinajstić information content (AvgIpc) is 2.34. The van der Waals surface area contributed by atoms with Crippen molar-refractivity contribution in [2.24, 2.45) is 0 Å². The molecule has 0 spiro atoms. The fourth-order valence-electron chi connectivity index (χ4n) is 0.783. The molecule has 0 aromatic carbocycles. The fraction of sp³-hybridized carbons (Fsp3) is 0.500. The largest absolute Gasteiger partial charge is 0.416 e. The Morgan fingerprint density at radius 3 is 2.62 bits per heavy atom. The van der Waals surface area contributed by atoms with Gasteiger partial charge in [0.2, 0.25) is 0 Å². The molecule has 0 fully saturated rings. The van der Waals surface area contributed by atoms with Crippen LogP contribution in [0.3, 0.4) is 0 Å². The molecule has 1 aromatic rings. The second-order valence-corrected chi connectivity index (χ2v) is 2.48. The highest BCUT2D eigenvalue weighted by Crippen LogP contribution is 2.20. The lowest BCUT2D eigenvalue weighted by molar-refractivity contribution is -0.207. The maximum absolute atomic E-state index is 11.8. The molecule has 0 amide bonds. The molecule has 74 valence electrons. The van der Waals surface area contributed by atoms with Gasteiger partial charge in [-0.15, -0.1) is 0 Å². The number of nitrogens with zero attached hydrogens (tertiary/aromatic N) is 1. The molecule has 0 aliphatic carbocycles. The number of hydrogen-bond acceptors (Lipinski definition) is 2. The summed E-state index contributed by atoms with van der Waals surface area (Å²) in [6, 6.07) is 0. The number of hydrogen-bond donors (Lipinski definition) is 2. The summed E-state index contributed by atoms with van der Waals surface area (Å²) in [6.45, 7) is -0.786. The Morgan fingerprint density at radius 2 is 2.23 bits per heavy atom. The topological polar surface area (TPSA) is 58.0 Å². The quantitative estimate of drug-likeness (QED) is 0.704. The van der Waals surface area contributed by atoms with Crippen LogP contribution in [-0.4, -0.2) is 26.9 Å². The Hall–Kier alpha value is -1.24. The van der Waals surface area contributed by atoms with Crippen LogP contribution in [0.15, 0.2) is 17.2 Å². The third-order valence-corrected chi connectivity index (χ3v) is 1.47. The maximum Gasteiger partial charge on any atom is 0.416 e. The van der Waals surface area contributed by atoms with Gasteiger partial charge in [0.1, 0.15) is 0 Å². The zero-order valence-electron chi connectivity index (χ0n) is 6.38. The van der Waals surface area contributed by atoms with E-state index in [9.17, 15) is 18.0 Å². The van der Waals surface area contributed by atoms with Crippen LogP contribution in [0.5, 0.6) is 0 Å². The standard InChI is InChI=1S/C6H7F3N2O2/c7-6(8,9)4(12)3-11-2-1-10-5(11)13/h1-2,4,12H,3H2,(H,10,13)/t4-/m0/s1. The molecule has 0 bridgehead atoms. The molecule has 1 aromatic heterocycles. The van der Waals surface area contributed by atoms with E-state index in [0.717, 1.165) is 10.8 Å². The van der Waals surface area contributed by atoms with E-state index in [1.165, 1.54) is 6.20 Å². The Morgan fingerprint density at radius 1 is 1.62 bits per heavy atom. The minimum atomic E-state index is -4.70. The second-order valence-electron chi connectivity index (χ2n) is 2.48. The third-order valence-electron chi connectivity index (χ3n) is 1.47. The van der Waals surface area contributed by atoms with Gasteiger partial charge in [0.05, 0.1) is 6.54 Å². The lowest BCUT2D eigenvalue weighted by Gasteiger charge is -2.13. The fourth-order valence-corrected chi connectivity index (χ4v) is 0.783. The van der Waals surface area contributed by atoms with Gasteiger partial charge in [0, 0.05) is 12.4 Å². The van der Waals surface area contributed by atoms with Gasteiger partial charge in [-0.2, -0.15) is 13.2 Å². The highest BCUT2D eigenvalue weighted by molar-refractivity contribution is 4.78. The summed E-state index contributed by atoms with van der Waals surface area (Å²) in [5, 5.41) is 8.58. The molecule has 1 atom stereocenters. The van der Waals surface area contributed by atoms with Crippen LogP contribution >= 0.6 is 0 Å². The van der Waals surface area contributed by atoms with Crippen molar-refractivity contribution in [3.05, 3.63) is 22.9 Å². The van der Waals surface area contributed by atoms with Crippen molar-refractivity contribution in [2.45, 2.75) is 18.8 Å². The summed E-state index contributed by atoms with van der Waals surface area (Å²) in [7, 11) is 0. The second kappa shape index (κ2) is 3.25. The number of aliphatic hydroxyl groups excluding tert-OH is 1. The zero-order valence-corrected chi connectivity index (χ0v) is 6.38. The Balaban J connectivity index is 2.71. The van der Waals surface area contributed by atoms with Gasteiger partial charge in [-0.3, -0.25) is 4.57 Å². The molecule has 7 heteroatoms. The van der Waals surface area contributed by atoms with Crippen LogP contribution < -0.4 is 5.69 Å². The van der Waals surface area contributed by atoms with Crippen molar-refractivity contribution in [1.82, 2.24) is 9.55 Å². The van der Waals surface area contributed by atoms with Crippen LogP contribution in [0.4, 0.5) is 13.2 Å². The minimum absolute atomic E-state index is 0.678. The number of imidazole rings is 1. The SMILES string of the molecule is O=c1[nH]ccn1C[C@H](O)C(F)(F)F. The summed E-state index contributed by atoms with van der Waals surface area (Å²) in [5.74, 6) is 0. The van der Waals surface area contributed by atoms with E-state index >= 15 is 0 Å². The normalized spacial score (nSPS) is 14.5. The van der Waals surface area contributed by atoms with Crippen molar-refractivity contribution in [3.63, 3.8) is 0 Å². The van der Waals surface area contributed by atoms with Crippen molar-refractivity contribution in [2.75, 3.05) is 0 Å². The molecule has 1 heterocycles. The molecular weight excluding hydrogens is 189 g/mol. The number of rotatable bonds is 2. The predicted octanol–water partition coefficient (Wildman–Crippen LogP) is 0.0996. The van der Waals surface area contributed by atoms with Crippen molar-refractivity contribution in [1.29, 1.82) is 0 Å². The van der Waals surface area contributed by atoms with Crippen LogP contribution in [0.25, 0.3) is 0 Å². The molecule has 0 aliphatic rings. The molecule has 0 saturated heterocycles. The number of nitrogens with one attached hydrogen (secondary N) is 1. The van der Waals surface area contributed by atoms with E-state index in [0.29, 0.717) is 0 Å². The molecule has 0 aliphatic heterocycles. The van der Waals surface area contributed by atoms with Crippen LogP contribution in [0.2, 0.25) is 0 Å². The Labute approximate surface area is 70.6 Å². The summed E-state index contributed by atoms with van der Waals surface area (Å²) < 4.78 is 36.1. The van der Waals surface area contributed by atoms with Gasteiger partial charge in [0.15, 0.2) is 6.10 Å². The molecule has 0 unspecified atom stereocenters. The molecule has 4 nitrogen and oxygen atoms in total. The van der Waals surface area contributed by atoms with Gasteiger partial charge in [-0.25, -0.2) is 4.79 Å². The number of aliphatic hydroxyl groups is 1. The molecular formula is C6H7F3N2O2. The first-order valence-corrected chi connectivity index (χ1v) is 3.40. The number of halogens is 3. The third kappa shape index (κ3) is 2.35. The van der Waals surface area contributed by atoms with Gasteiger partial charge < -0.3 is 10.1 Å². The minimum Gasteiger partial charge on any atom is -0.382 e. The number of aromatic amines is 1. The summed E-state index contributed by atoms with van der Waals surface area (Å²) in [6.07, 6.45) is -4.87. The molecule has 0 radical (unpaired) electrons. The van der Waals surface area contributed by atoms with E-state index in [2.05, 4.69) is 4.98 Å². The molecule has 1 rings (SSSR count). The van der Waals surface area contributed by atoms with Crippen molar-refractivity contribution < 1.29 is 18.3 Å². The van der Waals surface area contributed by atoms with Gasteiger partial charge in [0.25, 0.3) is 0 Å². The lowest BCUT2D eigenvalue weighted by Crippen LogP contribution is -2.35. The van der Waals surface area contributed by atoms with Crippen molar-refractivity contribution in [3.8, 4) is 0 Å². The first-order chi connectivity index (χ1) is 5.91. The van der Waals surface area contributed by atoms with Gasteiger partial charge in [-0.1, -0.05) is 0 Å². The Bertz CT molecular complexity index is 327. The highest BCUT2D eigenvalue weighted by atomic mass is 19.4. The number of H-pyrrole nitrogens is 1. The van der Waals surface area contributed by atoms with E-state index < -0.39 is 24.5 Å². The predicted molar refractivity (Wildman–Crippen MR) is 37.1 cm³/mol. The van der Waals surface area contributed by atoms with Crippen LogP contribution in [0, 0.1) is 0 Å². The Kier molecular flexibility index (Phi) is 2.46. The zero-order chi connectivity index (χ0) is 10.1. The molecule has 0 saturated carbocycles. The summed E-state index contributed by atoms with van der Waals surface area (Å²) in [5.41, 5.74) is -0.678. The van der Waals surface area contributed by atoms with E-state index in [4.69, 9.17) is 5.11 Å². The smallest absolute Gasteiger partial charge is 0.382 e. The first-order valence-electron chi connectivity index (χ1n) is 3.40. The lowest BCUT2D eigenvalue weighted by atomic mass is 10.3. The average molecular weight is 196 g/mol. The number of aromatic nitrogens is 2. The van der Waals surface area contributed by atoms with E-state index in [1.54, 1.807) is 0 Å². The monoisotopic (exact) mass is 196 g/mol. The van der Waals surface area contributed by atoms with Gasteiger partial charge in [-0.05, 0) is 0 Å². The summed E-state index contributed by atoms with van der Waals surface area (Å²) >= 11 is 0. The first kappa shape index (κ1) is 9.85.